The number of rotatable bonds is 3. The van der Waals surface area contributed by atoms with Crippen LogP contribution in [0.4, 0.5) is 0 Å². The first-order valence-corrected chi connectivity index (χ1v) is 6.86. The summed E-state index contributed by atoms with van der Waals surface area (Å²) in [5.74, 6) is 0.0572. The average Bonchev–Trinajstić information content (AvgIpc) is 3.29. The summed E-state index contributed by atoms with van der Waals surface area (Å²) in [5.41, 5.74) is -0.773. The summed E-state index contributed by atoms with van der Waals surface area (Å²) in [4.78, 5) is 23.8. The summed E-state index contributed by atoms with van der Waals surface area (Å²) in [7, 11) is 1.28. The molecule has 1 aromatic rings. The zero-order valence-corrected chi connectivity index (χ0v) is 11.7. The zero-order chi connectivity index (χ0) is 14.9. The molecule has 1 aromatic carbocycles. The molecule has 2 aliphatic rings. The molecule has 0 aromatic heterocycles. The topological polar surface area (TPSA) is 71.1 Å². The lowest BCUT2D eigenvalue weighted by molar-refractivity contribution is -0.153. The monoisotopic (exact) mass is 292 g/mol. The fraction of sp³-hybridized carbons (Fsp3) is 0.467. The van der Waals surface area contributed by atoms with Crippen molar-refractivity contribution in [3.8, 4) is 11.5 Å². The number of ether oxygens (including phenoxy) is 4. The molecule has 0 atom stereocenters. The van der Waals surface area contributed by atoms with E-state index in [4.69, 9.17) is 14.2 Å². The third kappa shape index (κ3) is 2.66. The number of hydrogen-bond donors (Lipinski definition) is 0. The first-order chi connectivity index (χ1) is 10.1. The van der Waals surface area contributed by atoms with Crippen molar-refractivity contribution >= 4 is 11.9 Å². The highest BCUT2D eigenvalue weighted by molar-refractivity contribution is 5.94. The second-order valence-corrected chi connectivity index (χ2v) is 5.09. The van der Waals surface area contributed by atoms with E-state index in [1.54, 1.807) is 18.2 Å². The van der Waals surface area contributed by atoms with Crippen LogP contribution in [0.25, 0.3) is 0 Å². The maximum atomic E-state index is 12.2. The Balaban J connectivity index is 1.76. The third-order valence-electron chi connectivity index (χ3n) is 3.53. The van der Waals surface area contributed by atoms with E-state index in [0.717, 1.165) is 6.42 Å². The van der Waals surface area contributed by atoms with Crippen LogP contribution in [-0.4, -0.2) is 37.9 Å². The van der Waals surface area contributed by atoms with Crippen LogP contribution in [-0.2, 0) is 14.3 Å². The van der Waals surface area contributed by atoms with Gasteiger partial charge in [-0.05, 0) is 18.2 Å². The molecule has 1 fully saturated rings. The zero-order valence-electron chi connectivity index (χ0n) is 11.7. The molecule has 0 bridgehead atoms. The third-order valence-corrected chi connectivity index (χ3v) is 3.53. The van der Waals surface area contributed by atoms with Crippen molar-refractivity contribution in [2.24, 2.45) is 0 Å². The molecule has 0 radical (unpaired) electrons. The van der Waals surface area contributed by atoms with Gasteiger partial charge in [0.25, 0.3) is 0 Å². The van der Waals surface area contributed by atoms with Gasteiger partial charge in [0.15, 0.2) is 11.5 Å². The predicted octanol–water partition coefficient (Wildman–Crippen LogP) is 1.71. The summed E-state index contributed by atoms with van der Waals surface area (Å²) >= 11 is 0. The van der Waals surface area contributed by atoms with E-state index in [-0.39, 0.29) is 0 Å². The van der Waals surface area contributed by atoms with Gasteiger partial charge in [0.2, 0.25) is 5.60 Å². The van der Waals surface area contributed by atoms with E-state index < -0.39 is 17.5 Å². The Bertz CT molecular complexity index is 576. The van der Waals surface area contributed by atoms with Crippen molar-refractivity contribution in [2.45, 2.75) is 24.9 Å². The van der Waals surface area contributed by atoms with Crippen molar-refractivity contribution in [2.75, 3.05) is 20.3 Å². The Kier molecular flexibility index (Phi) is 3.45. The molecule has 0 saturated heterocycles. The fourth-order valence-corrected chi connectivity index (χ4v) is 2.17. The van der Waals surface area contributed by atoms with Gasteiger partial charge in [0, 0.05) is 19.3 Å². The maximum absolute atomic E-state index is 12.2. The molecule has 0 N–H and O–H groups in total. The highest BCUT2D eigenvalue weighted by Gasteiger charge is 2.55. The lowest BCUT2D eigenvalue weighted by Crippen LogP contribution is -2.30. The Morgan fingerprint density at radius 1 is 1.14 bits per heavy atom. The van der Waals surface area contributed by atoms with Gasteiger partial charge >= 0.3 is 11.9 Å². The van der Waals surface area contributed by atoms with E-state index in [2.05, 4.69) is 4.74 Å². The first-order valence-electron chi connectivity index (χ1n) is 6.86. The second kappa shape index (κ2) is 5.27. The number of methoxy groups -OCH3 is 1. The van der Waals surface area contributed by atoms with Gasteiger partial charge in [-0.1, -0.05) is 0 Å². The number of fused-ring (bicyclic) bond motifs is 1. The number of carbonyl (C=O) groups excluding carboxylic acids is 2. The molecule has 21 heavy (non-hydrogen) atoms. The van der Waals surface area contributed by atoms with Gasteiger partial charge in [0.1, 0.15) is 0 Å². The number of carbonyl (C=O) groups is 2. The summed E-state index contributed by atoms with van der Waals surface area (Å²) in [6, 6.07) is 4.86. The molecule has 1 aliphatic heterocycles. The van der Waals surface area contributed by atoms with Gasteiger partial charge in [0.05, 0.1) is 25.9 Å². The van der Waals surface area contributed by atoms with E-state index in [1.807, 2.05) is 0 Å². The maximum Gasteiger partial charge on any atom is 0.350 e. The number of hydrogen-bond acceptors (Lipinski definition) is 6. The van der Waals surface area contributed by atoms with Crippen LogP contribution in [0.3, 0.4) is 0 Å². The molecule has 6 nitrogen and oxygen atoms in total. The number of benzene rings is 1. The average molecular weight is 292 g/mol. The van der Waals surface area contributed by atoms with Gasteiger partial charge in [-0.15, -0.1) is 0 Å². The van der Waals surface area contributed by atoms with Crippen LogP contribution >= 0.6 is 0 Å². The Morgan fingerprint density at radius 3 is 2.52 bits per heavy atom. The van der Waals surface area contributed by atoms with E-state index >= 15 is 0 Å². The largest absolute Gasteiger partial charge is 0.490 e. The smallest absolute Gasteiger partial charge is 0.350 e. The van der Waals surface area contributed by atoms with Crippen molar-refractivity contribution in [3.63, 3.8) is 0 Å². The number of esters is 2. The lowest BCUT2D eigenvalue weighted by Gasteiger charge is -2.14. The van der Waals surface area contributed by atoms with Crippen LogP contribution < -0.4 is 9.47 Å². The molecule has 1 aliphatic carbocycles. The molecule has 0 spiro atoms. The highest BCUT2D eigenvalue weighted by Crippen LogP contribution is 2.41. The van der Waals surface area contributed by atoms with Crippen LogP contribution in [0, 0.1) is 0 Å². The quantitative estimate of drug-likeness (QED) is 0.790. The van der Waals surface area contributed by atoms with Crippen LogP contribution in [0.15, 0.2) is 18.2 Å². The van der Waals surface area contributed by atoms with Crippen molar-refractivity contribution in [1.29, 1.82) is 0 Å². The molecule has 112 valence electrons. The van der Waals surface area contributed by atoms with Gasteiger partial charge in [-0.3, -0.25) is 0 Å². The molecule has 1 saturated carbocycles. The molecule has 3 rings (SSSR count). The molecule has 1 heterocycles. The first kappa shape index (κ1) is 13.7. The van der Waals surface area contributed by atoms with E-state index in [0.29, 0.717) is 43.1 Å². The SMILES string of the molecule is COC(=O)C1(OC(=O)c2ccc3c(c2)OCCCO3)CC1. The lowest BCUT2D eigenvalue weighted by atomic mass is 10.2. The molecule has 6 heteroatoms. The van der Waals surface area contributed by atoms with Crippen molar-refractivity contribution in [1.82, 2.24) is 0 Å². The Labute approximate surface area is 121 Å². The van der Waals surface area contributed by atoms with Crippen LogP contribution in [0.5, 0.6) is 11.5 Å². The summed E-state index contributed by atoms with van der Waals surface area (Å²) < 4.78 is 21.0. The predicted molar refractivity (Wildman–Crippen MR) is 71.4 cm³/mol. The Morgan fingerprint density at radius 2 is 1.86 bits per heavy atom. The van der Waals surface area contributed by atoms with Crippen molar-refractivity contribution < 1.29 is 28.5 Å². The summed E-state index contributed by atoms with van der Waals surface area (Å²) in [5, 5.41) is 0. The van der Waals surface area contributed by atoms with Crippen LogP contribution in [0.1, 0.15) is 29.6 Å². The van der Waals surface area contributed by atoms with Gasteiger partial charge in [-0.25, -0.2) is 9.59 Å². The van der Waals surface area contributed by atoms with Crippen LogP contribution in [0.2, 0.25) is 0 Å². The molecule has 0 unspecified atom stereocenters. The summed E-state index contributed by atoms with van der Waals surface area (Å²) in [6.07, 6.45) is 1.78. The second-order valence-electron chi connectivity index (χ2n) is 5.09. The van der Waals surface area contributed by atoms with Gasteiger partial charge in [-0.2, -0.15) is 0 Å². The van der Waals surface area contributed by atoms with Gasteiger partial charge < -0.3 is 18.9 Å². The normalized spacial score (nSPS) is 18.3. The minimum Gasteiger partial charge on any atom is -0.490 e. The Hall–Kier alpha value is -2.24. The minimum absolute atomic E-state index is 0.328. The molecule has 0 amide bonds. The van der Waals surface area contributed by atoms with E-state index in [1.165, 1.54) is 7.11 Å². The summed E-state index contributed by atoms with van der Waals surface area (Å²) in [6.45, 7) is 1.12. The standard InChI is InChI=1S/C15H16O6/c1-18-14(17)15(5-6-15)21-13(16)10-3-4-11-12(9-10)20-8-2-7-19-11/h3-4,9H,2,5-8H2,1H3. The molecular formula is C15H16O6. The minimum atomic E-state index is -1.10. The highest BCUT2D eigenvalue weighted by atomic mass is 16.6. The fourth-order valence-electron chi connectivity index (χ4n) is 2.17. The molecular weight excluding hydrogens is 276 g/mol. The van der Waals surface area contributed by atoms with E-state index in [9.17, 15) is 9.59 Å². The van der Waals surface area contributed by atoms with Crippen molar-refractivity contribution in [3.05, 3.63) is 23.8 Å².